The van der Waals surface area contributed by atoms with Crippen molar-refractivity contribution in [3.05, 3.63) is 29.6 Å². The van der Waals surface area contributed by atoms with Crippen LogP contribution in [0.4, 0.5) is 0 Å². The van der Waals surface area contributed by atoms with E-state index in [0.29, 0.717) is 5.56 Å². The smallest absolute Gasteiger partial charge is 0.253 e. The van der Waals surface area contributed by atoms with Crippen molar-refractivity contribution in [2.75, 3.05) is 6.61 Å². The highest BCUT2D eigenvalue weighted by Crippen LogP contribution is 2.05. The Bertz CT molecular complexity index is 364. The number of aromatic nitrogens is 1. The number of pyridine rings is 1. The van der Waals surface area contributed by atoms with Crippen molar-refractivity contribution in [2.45, 2.75) is 26.8 Å². The first-order valence-electron chi connectivity index (χ1n) is 5.38. The van der Waals surface area contributed by atoms with Gasteiger partial charge < -0.3 is 10.4 Å². The summed E-state index contributed by atoms with van der Waals surface area (Å²) in [6.07, 6.45) is 3.22. The minimum Gasteiger partial charge on any atom is -0.394 e. The van der Waals surface area contributed by atoms with Crippen LogP contribution >= 0.6 is 0 Å². The Morgan fingerprint density at radius 2 is 2.19 bits per heavy atom. The van der Waals surface area contributed by atoms with E-state index in [4.69, 9.17) is 5.11 Å². The lowest BCUT2D eigenvalue weighted by molar-refractivity contribution is 0.0896. The second-order valence-corrected chi connectivity index (χ2v) is 4.26. The van der Waals surface area contributed by atoms with Crippen LogP contribution in [0, 0.1) is 12.8 Å². The predicted octanol–water partition coefficient (Wildman–Crippen LogP) is 1.14. The van der Waals surface area contributed by atoms with Crippen LogP contribution in [0.2, 0.25) is 0 Å². The third-order valence-electron chi connectivity index (χ3n) is 2.46. The third-order valence-corrected chi connectivity index (χ3v) is 2.46. The second-order valence-electron chi connectivity index (χ2n) is 4.26. The van der Waals surface area contributed by atoms with Gasteiger partial charge in [0.1, 0.15) is 0 Å². The lowest BCUT2D eigenvalue weighted by atomic mass is 10.0. The molecule has 16 heavy (non-hydrogen) atoms. The minimum atomic E-state index is -0.215. The van der Waals surface area contributed by atoms with E-state index in [-0.39, 0.29) is 24.5 Å². The summed E-state index contributed by atoms with van der Waals surface area (Å²) in [5.41, 5.74) is 1.47. The quantitative estimate of drug-likeness (QED) is 0.803. The number of carbonyl (C=O) groups is 1. The molecule has 0 aliphatic heterocycles. The lowest BCUT2D eigenvalue weighted by Crippen LogP contribution is -2.41. The molecular formula is C12H18N2O2. The number of hydrogen-bond donors (Lipinski definition) is 2. The molecule has 1 aromatic rings. The summed E-state index contributed by atoms with van der Waals surface area (Å²) >= 11 is 0. The zero-order valence-corrected chi connectivity index (χ0v) is 9.90. The SMILES string of the molecule is Cc1cncc(C(=O)N[C@H](CO)C(C)C)c1. The number of nitrogens with one attached hydrogen (secondary N) is 1. The van der Waals surface area contributed by atoms with Gasteiger partial charge in [0.15, 0.2) is 0 Å². The molecule has 4 heteroatoms. The van der Waals surface area contributed by atoms with Crippen LogP contribution in [0.15, 0.2) is 18.5 Å². The Kier molecular flexibility index (Phi) is 4.43. The van der Waals surface area contributed by atoms with Crippen LogP contribution in [0.25, 0.3) is 0 Å². The van der Waals surface area contributed by atoms with Gasteiger partial charge in [-0.2, -0.15) is 0 Å². The van der Waals surface area contributed by atoms with Gasteiger partial charge in [-0.25, -0.2) is 0 Å². The monoisotopic (exact) mass is 222 g/mol. The first-order chi connectivity index (χ1) is 7.54. The number of nitrogens with zero attached hydrogens (tertiary/aromatic N) is 1. The summed E-state index contributed by atoms with van der Waals surface area (Å²) in [7, 11) is 0. The molecule has 0 aliphatic carbocycles. The molecule has 1 aromatic heterocycles. The molecule has 0 bridgehead atoms. The van der Waals surface area contributed by atoms with Crippen LogP contribution < -0.4 is 5.32 Å². The molecule has 0 fully saturated rings. The summed E-state index contributed by atoms with van der Waals surface area (Å²) in [6, 6.07) is 1.56. The molecule has 0 saturated carbocycles. The number of aryl methyl sites for hydroxylation is 1. The van der Waals surface area contributed by atoms with Crippen molar-refractivity contribution in [2.24, 2.45) is 5.92 Å². The maximum absolute atomic E-state index is 11.8. The van der Waals surface area contributed by atoms with E-state index >= 15 is 0 Å². The molecule has 1 heterocycles. The molecule has 0 aromatic carbocycles. The van der Waals surface area contributed by atoms with E-state index in [1.54, 1.807) is 12.3 Å². The summed E-state index contributed by atoms with van der Waals surface area (Å²) in [5.74, 6) is 0.00988. The standard InChI is InChI=1S/C12H18N2O2/c1-8(2)11(7-15)14-12(16)10-4-9(3)5-13-6-10/h4-6,8,11,15H,7H2,1-3H3,(H,14,16)/t11-/m1/s1. The second kappa shape index (κ2) is 5.61. The Morgan fingerprint density at radius 1 is 1.50 bits per heavy atom. The number of hydrogen-bond acceptors (Lipinski definition) is 3. The van der Waals surface area contributed by atoms with Crippen LogP contribution in [0.3, 0.4) is 0 Å². The maximum atomic E-state index is 11.8. The topological polar surface area (TPSA) is 62.2 Å². The fraction of sp³-hybridized carbons (Fsp3) is 0.500. The number of amides is 1. The molecular weight excluding hydrogens is 204 g/mol. The Hall–Kier alpha value is -1.42. The fourth-order valence-electron chi connectivity index (χ4n) is 1.35. The van der Waals surface area contributed by atoms with E-state index in [1.165, 1.54) is 6.20 Å². The van der Waals surface area contributed by atoms with E-state index in [0.717, 1.165) is 5.56 Å². The highest BCUT2D eigenvalue weighted by Gasteiger charge is 2.16. The number of aliphatic hydroxyl groups excluding tert-OH is 1. The van der Waals surface area contributed by atoms with Crippen LogP contribution in [-0.4, -0.2) is 28.6 Å². The average molecular weight is 222 g/mol. The fourth-order valence-corrected chi connectivity index (χ4v) is 1.35. The first kappa shape index (κ1) is 12.6. The molecule has 1 amide bonds. The van der Waals surface area contributed by atoms with E-state index in [2.05, 4.69) is 10.3 Å². The zero-order valence-electron chi connectivity index (χ0n) is 9.90. The molecule has 1 rings (SSSR count). The molecule has 0 saturated heterocycles. The van der Waals surface area contributed by atoms with Gasteiger partial charge in [-0.05, 0) is 24.5 Å². The number of carbonyl (C=O) groups excluding carboxylic acids is 1. The number of rotatable bonds is 4. The minimum absolute atomic E-state index is 0.0529. The van der Waals surface area contributed by atoms with E-state index < -0.39 is 0 Å². The van der Waals surface area contributed by atoms with Gasteiger partial charge in [-0.1, -0.05) is 13.8 Å². The van der Waals surface area contributed by atoms with Crippen molar-refractivity contribution in [3.8, 4) is 0 Å². The molecule has 0 spiro atoms. The number of aliphatic hydroxyl groups is 1. The van der Waals surface area contributed by atoms with Crippen molar-refractivity contribution < 1.29 is 9.90 Å². The van der Waals surface area contributed by atoms with Crippen molar-refractivity contribution >= 4 is 5.91 Å². The molecule has 1 atom stereocenters. The summed E-state index contributed by atoms with van der Waals surface area (Å²) in [4.78, 5) is 15.8. The van der Waals surface area contributed by atoms with Crippen LogP contribution in [0.5, 0.6) is 0 Å². The molecule has 0 radical (unpaired) electrons. The Balaban J connectivity index is 2.72. The first-order valence-corrected chi connectivity index (χ1v) is 5.38. The van der Waals surface area contributed by atoms with Crippen LogP contribution in [-0.2, 0) is 0 Å². The predicted molar refractivity (Wildman–Crippen MR) is 62.2 cm³/mol. The summed E-state index contributed by atoms with van der Waals surface area (Å²) in [5, 5.41) is 11.9. The van der Waals surface area contributed by atoms with E-state index in [9.17, 15) is 4.79 Å². The molecule has 0 aliphatic rings. The van der Waals surface area contributed by atoms with E-state index in [1.807, 2.05) is 20.8 Å². The van der Waals surface area contributed by atoms with Gasteiger partial charge in [-0.3, -0.25) is 9.78 Å². The average Bonchev–Trinajstić information content (AvgIpc) is 2.25. The van der Waals surface area contributed by atoms with Crippen molar-refractivity contribution in [3.63, 3.8) is 0 Å². The van der Waals surface area contributed by atoms with Crippen molar-refractivity contribution in [1.82, 2.24) is 10.3 Å². The Labute approximate surface area is 95.7 Å². The molecule has 2 N–H and O–H groups in total. The highest BCUT2D eigenvalue weighted by molar-refractivity contribution is 5.94. The van der Waals surface area contributed by atoms with Gasteiger partial charge in [-0.15, -0.1) is 0 Å². The van der Waals surface area contributed by atoms with Crippen LogP contribution in [0.1, 0.15) is 29.8 Å². The highest BCUT2D eigenvalue weighted by atomic mass is 16.3. The van der Waals surface area contributed by atoms with Gasteiger partial charge >= 0.3 is 0 Å². The maximum Gasteiger partial charge on any atom is 0.253 e. The zero-order chi connectivity index (χ0) is 12.1. The molecule has 88 valence electrons. The van der Waals surface area contributed by atoms with Gasteiger partial charge in [0.25, 0.3) is 5.91 Å². The third kappa shape index (κ3) is 3.31. The molecule has 0 unspecified atom stereocenters. The van der Waals surface area contributed by atoms with Gasteiger partial charge in [0, 0.05) is 12.4 Å². The summed E-state index contributed by atoms with van der Waals surface area (Å²) < 4.78 is 0. The normalized spacial score (nSPS) is 12.6. The van der Waals surface area contributed by atoms with Gasteiger partial charge in [0.2, 0.25) is 0 Å². The largest absolute Gasteiger partial charge is 0.394 e. The van der Waals surface area contributed by atoms with Crippen molar-refractivity contribution in [1.29, 1.82) is 0 Å². The Morgan fingerprint density at radius 3 is 2.69 bits per heavy atom. The van der Waals surface area contributed by atoms with Gasteiger partial charge in [0.05, 0.1) is 18.2 Å². The molecule has 4 nitrogen and oxygen atoms in total. The lowest BCUT2D eigenvalue weighted by Gasteiger charge is -2.19. The summed E-state index contributed by atoms with van der Waals surface area (Å²) in [6.45, 7) is 5.74.